The van der Waals surface area contributed by atoms with Crippen LogP contribution in [0.3, 0.4) is 0 Å². The van der Waals surface area contributed by atoms with Crippen LogP contribution in [-0.4, -0.2) is 47.3 Å². The molecule has 0 atom stereocenters. The zero-order valence-electron chi connectivity index (χ0n) is 17.0. The fraction of sp³-hybridized carbons (Fsp3) is 0.455. The number of H-pyrrole nitrogens is 1. The maximum absolute atomic E-state index is 12.2. The Morgan fingerprint density at radius 1 is 1.17 bits per heavy atom. The van der Waals surface area contributed by atoms with Crippen molar-refractivity contribution in [3.8, 4) is 17.0 Å². The van der Waals surface area contributed by atoms with E-state index in [0.717, 1.165) is 37.4 Å². The van der Waals surface area contributed by atoms with Crippen LogP contribution in [0.5, 0.6) is 5.75 Å². The first-order valence-electron chi connectivity index (χ1n) is 10.2. The summed E-state index contributed by atoms with van der Waals surface area (Å²) < 4.78 is 0. The van der Waals surface area contributed by atoms with Crippen molar-refractivity contribution >= 4 is 24.1 Å². The lowest BCUT2D eigenvalue weighted by molar-refractivity contribution is 0.0691. The maximum atomic E-state index is 12.2. The number of piperidine rings is 1. The molecule has 162 valence electrons. The standard InChI is InChI=1S/C22H27N3O4.ClH/c1-2-16-18(24-20(27)17(19(16)26)21(28)29)14-3-5-15(6-4-14)25-12-9-22(13-25)7-10-23-11-8-22;/h3-6,23H,2,7-13H2,1H3,(H,28,29)(H2,24,26,27);1H. The van der Waals surface area contributed by atoms with Gasteiger partial charge in [-0.2, -0.15) is 0 Å². The van der Waals surface area contributed by atoms with Crippen LogP contribution in [0, 0.1) is 5.41 Å². The van der Waals surface area contributed by atoms with Crippen molar-refractivity contribution in [3.63, 3.8) is 0 Å². The molecule has 2 fully saturated rings. The van der Waals surface area contributed by atoms with Crippen LogP contribution in [-0.2, 0) is 6.42 Å². The number of carbonyl (C=O) groups is 1. The highest BCUT2D eigenvalue weighted by Crippen LogP contribution is 2.40. The van der Waals surface area contributed by atoms with Gasteiger partial charge >= 0.3 is 5.97 Å². The van der Waals surface area contributed by atoms with Gasteiger partial charge in [0.15, 0.2) is 5.56 Å². The van der Waals surface area contributed by atoms with Gasteiger partial charge in [0.1, 0.15) is 5.75 Å². The Labute approximate surface area is 181 Å². The molecule has 8 heteroatoms. The summed E-state index contributed by atoms with van der Waals surface area (Å²) >= 11 is 0. The van der Waals surface area contributed by atoms with Gasteiger partial charge in [-0.15, -0.1) is 12.4 Å². The second kappa shape index (κ2) is 8.70. The first-order valence-corrected chi connectivity index (χ1v) is 10.2. The van der Waals surface area contributed by atoms with Gasteiger partial charge in [-0.25, -0.2) is 4.79 Å². The molecule has 4 rings (SSSR count). The van der Waals surface area contributed by atoms with E-state index >= 15 is 0 Å². The first kappa shape index (κ1) is 22.2. The molecule has 0 bridgehead atoms. The number of rotatable bonds is 4. The third-order valence-corrected chi connectivity index (χ3v) is 6.48. The smallest absolute Gasteiger partial charge is 0.345 e. The van der Waals surface area contributed by atoms with E-state index in [2.05, 4.69) is 15.2 Å². The second-order valence-electron chi connectivity index (χ2n) is 8.16. The molecule has 0 unspecified atom stereocenters. The molecule has 1 aromatic heterocycles. The fourth-order valence-electron chi connectivity index (χ4n) is 4.78. The van der Waals surface area contributed by atoms with Crippen molar-refractivity contribution in [3.05, 3.63) is 45.7 Å². The van der Waals surface area contributed by atoms with E-state index in [-0.39, 0.29) is 12.4 Å². The second-order valence-corrected chi connectivity index (χ2v) is 8.16. The Morgan fingerprint density at radius 3 is 2.43 bits per heavy atom. The van der Waals surface area contributed by atoms with Crippen LogP contribution in [0.1, 0.15) is 42.1 Å². The van der Waals surface area contributed by atoms with Crippen molar-refractivity contribution in [2.45, 2.75) is 32.6 Å². The van der Waals surface area contributed by atoms with Gasteiger partial charge in [0, 0.05) is 24.3 Å². The van der Waals surface area contributed by atoms with Crippen molar-refractivity contribution in [1.82, 2.24) is 10.3 Å². The van der Waals surface area contributed by atoms with Crippen LogP contribution >= 0.6 is 12.4 Å². The number of carboxylic acid groups (broad SMARTS) is 1. The summed E-state index contributed by atoms with van der Waals surface area (Å²) in [5, 5.41) is 23.0. The highest BCUT2D eigenvalue weighted by molar-refractivity contribution is 5.92. The van der Waals surface area contributed by atoms with E-state index in [4.69, 9.17) is 0 Å². The molecule has 0 saturated carbocycles. The van der Waals surface area contributed by atoms with Gasteiger partial charge < -0.3 is 25.4 Å². The van der Waals surface area contributed by atoms with E-state index in [1.807, 2.05) is 31.2 Å². The summed E-state index contributed by atoms with van der Waals surface area (Å²) in [7, 11) is 0. The monoisotopic (exact) mass is 433 g/mol. The number of aromatic amines is 1. The minimum atomic E-state index is -1.43. The Balaban J connectivity index is 0.00000256. The normalized spacial score (nSPS) is 17.7. The number of aromatic nitrogens is 1. The summed E-state index contributed by atoms with van der Waals surface area (Å²) in [6.45, 7) is 6.12. The largest absolute Gasteiger partial charge is 0.506 e. The zero-order valence-corrected chi connectivity index (χ0v) is 17.8. The van der Waals surface area contributed by atoms with Gasteiger partial charge in [0.2, 0.25) is 0 Å². The van der Waals surface area contributed by atoms with Crippen molar-refractivity contribution in [2.24, 2.45) is 5.41 Å². The Hall–Kier alpha value is -2.51. The molecule has 0 radical (unpaired) electrons. The minimum absolute atomic E-state index is 0. The molecule has 7 nitrogen and oxygen atoms in total. The number of halogens is 1. The molecule has 2 aliphatic rings. The summed E-state index contributed by atoms with van der Waals surface area (Å²) in [4.78, 5) is 28.5. The maximum Gasteiger partial charge on any atom is 0.345 e. The van der Waals surface area contributed by atoms with E-state index in [9.17, 15) is 19.8 Å². The predicted octanol–water partition coefficient (Wildman–Crippen LogP) is 3.01. The number of nitrogens with one attached hydrogen (secondary N) is 2. The SMILES string of the molecule is CCc1c(-c2ccc(N3CCC4(CCNCC4)C3)cc2)[nH]c(=O)c(C(=O)O)c1O.Cl. The van der Waals surface area contributed by atoms with E-state index < -0.39 is 22.8 Å². The summed E-state index contributed by atoms with van der Waals surface area (Å²) in [6, 6.07) is 7.92. The van der Waals surface area contributed by atoms with E-state index in [1.54, 1.807) is 0 Å². The van der Waals surface area contributed by atoms with E-state index in [0.29, 0.717) is 23.1 Å². The van der Waals surface area contributed by atoms with Crippen molar-refractivity contribution < 1.29 is 15.0 Å². The number of carboxylic acids is 1. The van der Waals surface area contributed by atoms with Crippen molar-refractivity contribution in [2.75, 3.05) is 31.1 Å². The number of aromatic carboxylic acids is 1. The summed E-state index contributed by atoms with van der Waals surface area (Å²) in [5.74, 6) is -1.88. The number of hydrogen-bond donors (Lipinski definition) is 4. The van der Waals surface area contributed by atoms with Gasteiger partial charge in [0.05, 0.1) is 5.69 Å². The molecular formula is C22H28ClN3O4. The Morgan fingerprint density at radius 2 is 1.83 bits per heavy atom. The molecule has 1 spiro atoms. The van der Waals surface area contributed by atoms with Crippen LogP contribution < -0.4 is 15.8 Å². The topological polar surface area (TPSA) is 106 Å². The highest BCUT2D eigenvalue weighted by atomic mass is 35.5. The lowest BCUT2D eigenvalue weighted by atomic mass is 9.78. The molecule has 30 heavy (non-hydrogen) atoms. The number of nitrogens with zero attached hydrogens (tertiary/aromatic N) is 1. The first-order chi connectivity index (χ1) is 13.9. The molecule has 0 aliphatic carbocycles. The fourth-order valence-corrected chi connectivity index (χ4v) is 4.78. The number of benzene rings is 1. The third kappa shape index (κ3) is 3.91. The molecule has 3 heterocycles. The Bertz CT molecular complexity index is 981. The van der Waals surface area contributed by atoms with Crippen LogP contribution in [0.25, 0.3) is 11.3 Å². The number of anilines is 1. The van der Waals surface area contributed by atoms with Crippen LogP contribution in [0.15, 0.2) is 29.1 Å². The quantitative estimate of drug-likeness (QED) is 0.590. The van der Waals surface area contributed by atoms with Gasteiger partial charge in [-0.3, -0.25) is 4.79 Å². The van der Waals surface area contributed by atoms with Gasteiger partial charge in [-0.1, -0.05) is 19.1 Å². The average Bonchev–Trinajstić information content (AvgIpc) is 3.11. The predicted molar refractivity (Wildman–Crippen MR) is 119 cm³/mol. The molecule has 2 aliphatic heterocycles. The molecule has 0 amide bonds. The van der Waals surface area contributed by atoms with E-state index in [1.165, 1.54) is 19.3 Å². The molecule has 2 saturated heterocycles. The number of pyridine rings is 1. The van der Waals surface area contributed by atoms with Crippen LogP contribution in [0.2, 0.25) is 0 Å². The summed E-state index contributed by atoms with van der Waals surface area (Å²) in [6.07, 6.45) is 4.06. The lowest BCUT2D eigenvalue weighted by Crippen LogP contribution is -2.38. The Kier molecular flexibility index (Phi) is 6.43. The number of hydrogen-bond acceptors (Lipinski definition) is 5. The highest BCUT2D eigenvalue weighted by Gasteiger charge is 2.38. The average molecular weight is 434 g/mol. The van der Waals surface area contributed by atoms with Crippen LogP contribution in [0.4, 0.5) is 5.69 Å². The number of aromatic hydroxyl groups is 1. The third-order valence-electron chi connectivity index (χ3n) is 6.48. The van der Waals surface area contributed by atoms with Gasteiger partial charge in [-0.05, 0) is 61.9 Å². The molecule has 4 N–H and O–H groups in total. The minimum Gasteiger partial charge on any atom is -0.506 e. The molecular weight excluding hydrogens is 406 g/mol. The van der Waals surface area contributed by atoms with Gasteiger partial charge in [0.25, 0.3) is 5.56 Å². The molecule has 2 aromatic rings. The summed E-state index contributed by atoms with van der Waals surface area (Å²) in [5.41, 5.74) is 1.84. The zero-order chi connectivity index (χ0) is 20.6. The lowest BCUT2D eigenvalue weighted by Gasteiger charge is -2.34. The van der Waals surface area contributed by atoms with Crippen molar-refractivity contribution in [1.29, 1.82) is 0 Å². The molecule has 1 aromatic carbocycles.